The number of methoxy groups -OCH3 is 2. The second-order valence-corrected chi connectivity index (χ2v) is 7.41. The molecule has 0 saturated carbocycles. The Balaban J connectivity index is 1.77. The Bertz CT molecular complexity index is 1160. The molecule has 31 heavy (non-hydrogen) atoms. The Labute approximate surface area is 181 Å². The predicted molar refractivity (Wildman–Crippen MR) is 121 cm³/mol. The highest BCUT2D eigenvalue weighted by Gasteiger charge is 2.15. The zero-order valence-corrected chi connectivity index (χ0v) is 18.5. The van der Waals surface area contributed by atoms with Gasteiger partial charge >= 0.3 is 0 Å². The summed E-state index contributed by atoms with van der Waals surface area (Å²) in [6, 6.07) is 9.19. The smallest absolute Gasteiger partial charge is 0.258 e. The standard InChI is InChI=1S/C23H28N4O4/c1-6-27(13-22(28)25-17-8-7-14(2)9-15(17)3)12-21-24-18-11-20(31-5)19(30-4)10-16(18)23(29)26-21/h7-11H,6,12-13H2,1-5H3,(H,25,28)(H,24,26,29). The molecular weight excluding hydrogens is 396 g/mol. The molecule has 0 aliphatic heterocycles. The highest BCUT2D eigenvalue weighted by Crippen LogP contribution is 2.30. The number of benzene rings is 2. The Morgan fingerprint density at radius 2 is 1.84 bits per heavy atom. The van der Waals surface area contributed by atoms with Gasteiger partial charge in [0.05, 0.1) is 38.2 Å². The van der Waals surface area contributed by atoms with Gasteiger partial charge in [0.1, 0.15) is 5.82 Å². The first-order valence-electron chi connectivity index (χ1n) is 10.1. The Morgan fingerprint density at radius 1 is 1.13 bits per heavy atom. The number of anilines is 1. The average molecular weight is 425 g/mol. The molecule has 0 unspecified atom stereocenters. The number of carbonyl (C=O) groups excluding carboxylic acids is 1. The number of aromatic amines is 1. The number of fused-ring (bicyclic) bond motifs is 1. The van der Waals surface area contributed by atoms with Gasteiger partial charge in [0, 0.05) is 11.8 Å². The summed E-state index contributed by atoms with van der Waals surface area (Å²) in [7, 11) is 3.05. The first kappa shape index (κ1) is 22.3. The van der Waals surface area contributed by atoms with Gasteiger partial charge < -0.3 is 19.8 Å². The van der Waals surface area contributed by atoms with E-state index in [1.807, 2.05) is 43.9 Å². The van der Waals surface area contributed by atoms with Crippen LogP contribution in [0.3, 0.4) is 0 Å². The van der Waals surface area contributed by atoms with Crippen molar-refractivity contribution in [2.45, 2.75) is 27.3 Å². The molecule has 1 amide bonds. The number of ether oxygens (including phenoxy) is 2. The van der Waals surface area contributed by atoms with Crippen molar-refractivity contribution in [3.8, 4) is 11.5 Å². The lowest BCUT2D eigenvalue weighted by Crippen LogP contribution is -2.34. The summed E-state index contributed by atoms with van der Waals surface area (Å²) in [6.07, 6.45) is 0. The van der Waals surface area contributed by atoms with E-state index < -0.39 is 0 Å². The van der Waals surface area contributed by atoms with Crippen LogP contribution in [-0.4, -0.2) is 48.1 Å². The summed E-state index contributed by atoms with van der Waals surface area (Å²) >= 11 is 0. The van der Waals surface area contributed by atoms with E-state index >= 15 is 0 Å². The van der Waals surface area contributed by atoms with Crippen LogP contribution < -0.4 is 20.3 Å². The van der Waals surface area contributed by atoms with Crippen LogP contribution in [0.15, 0.2) is 35.1 Å². The fourth-order valence-corrected chi connectivity index (χ4v) is 3.43. The Hall–Kier alpha value is -3.39. The maximum atomic E-state index is 12.6. The maximum absolute atomic E-state index is 12.6. The molecule has 0 atom stereocenters. The number of rotatable bonds is 8. The SMILES string of the molecule is CCN(CC(=O)Nc1ccc(C)cc1C)Cc1nc2cc(OC)c(OC)cc2c(=O)[nH]1. The topological polar surface area (TPSA) is 96.6 Å². The predicted octanol–water partition coefficient (Wildman–Crippen LogP) is 3.02. The molecule has 0 saturated heterocycles. The van der Waals surface area contributed by atoms with E-state index in [-0.39, 0.29) is 18.0 Å². The van der Waals surface area contributed by atoms with Crippen LogP contribution in [-0.2, 0) is 11.3 Å². The average Bonchev–Trinajstić information content (AvgIpc) is 2.74. The molecule has 0 spiro atoms. The maximum Gasteiger partial charge on any atom is 0.258 e. The molecule has 0 fully saturated rings. The van der Waals surface area contributed by atoms with Crippen molar-refractivity contribution in [1.29, 1.82) is 0 Å². The molecule has 8 heteroatoms. The number of amides is 1. The Kier molecular flexibility index (Phi) is 6.91. The van der Waals surface area contributed by atoms with E-state index in [1.165, 1.54) is 14.2 Å². The van der Waals surface area contributed by atoms with E-state index in [2.05, 4.69) is 15.3 Å². The van der Waals surface area contributed by atoms with Crippen molar-refractivity contribution in [3.05, 3.63) is 57.6 Å². The van der Waals surface area contributed by atoms with Crippen LogP contribution in [0.4, 0.5) is 5.69 Å². The number of nitrogens with one attached hydrogen (secondary N) is 2. The van der Waals surface area contributed by atoms with Gasteiger partial charge in [0.25, 0.3) is 5.56 Å². The van der Waals surface area contributed by atoms with Gasteiger partial charge in [-0.1, -0.05) is 24.6 Å². The number of aryl methyl sites for hydroxylation is 2. The molecule has 0 aliphatic carbocycles. The molecule has 2 aromatic carbocycles. The van der Waals surface area contributed by atoms with Crippen LogP contribution in [0.5, 0.6) is 11.5 Å². The fourth-order valence-electron chi connectivity index (χ4n) is 3.43. The quantitative estimate of drug-likeness (QED) is 0.577. The van der Waals surface area contributed by atoms with Gasteiger partial charge in [-0.25, -0.2) is 4.98 Å². The molecule has 3 aromatic rings. The first-order chi connectivity index (χ1) is 14.8. The molecule has 0 aliphatic rings. The molecule has 3 rings (SSSR count). The van der Waals surface area contributed by atoms with E-state index in [1.54, 1.807) is 12.1 Å². The second-order valence-electron chi connectivity index (χ2n) is 7.41. The number of carbonyl (C=O) groups is 1. The van der Waals surface area contributed by atoms with E-state index in [0.717, 1.165) is 16.8 Å². The van der Waals surface area contributed by atoms with Gasteiger partial charge in [-0.3, -0.25) is 14.5 Å². The third-order valence-corrected chi connectivity index (χ3v) is 5.10. The number of nitrogens with zero attached hydrogens (tertiary/aromatic N) is 2. The summed E-state index contributed by atoms with van der Waals surface area (Å²) in [5.74, 6) is 1.32. The third-order valence-electron chi connectivity index (χ3n) is 5.10. The van der Waals surface area contributed by atoms with Crippen LogP contribution >= 0.6 is 0 Å². The van der Waals surface area contributed by atoms with Crippen molar-refractivity contribution in [3.63, 3.8) is 0 Å². The summed E-state index contributed by atoms with van der Waals surface area (Å²) in [5, 5.41) is 3.37. The first-order valence-corrected chi connectivity index (χ1v) is 10.1. The fraction of sp³-hybridized carbons (Fsp3) is 0.348. The van der Waals surface area contributed by atoms with Gasteiger partial charge in [0.2, 0.25) is 5.91 Å². The second kappa shape index (κ2) is 9.61. The van der Waals surface area contributed by atoms with Crippen molar-refractivity contribution in [2.24, 2.45) is 0 Å². The van der Waals surface area contributed by atoms with Crippen LogP contribution in [0.1, 0.15) is 23.9 Å². The number of hydrogen-bond donors (Lipinski definition) is 2. The molecular formula is C23H28N4O4. The minimum Gasteiger partial charge on any atom is -0.493 e. The summed E-state index contributed by atoms with van der Waals surface area (Å²) in [6.45, 7) is 7.06. The summed E-state index contributed by atoms with van der Waals surface area (Å²) in [5.41, 5.74) is 3.20. The zero-order valence-electron chi connectivity index (χ0n) is 18.5. The molecule has 1 aromatic heterocycles. The number of hydrogen-bond acceptors (Lipinski definition) is 6. The number of H-pyrrole nitrogens is 1. The van der Waals surface area contributed by atoms with Gasteiger partial charge in [-0.2, -0.15) is 0 Å². The molecule has 164 valence electrons. The normalized spacial score (nSPS) is 11.0. The van der Waals surface area contributed by atoms with Crippen LogP contribution in [0, 0.1) is 13.8 Å². The van der Waals surface area contributed by atoms with E-state index in [9.17, 15) is 9.59 Å². The van der Waals surface area contributed by atoms with Crippen molar-refractivity contribution >= 4 is 22.5 Å². The van der Waals surface area contributed by atoms with Crippen molar-refractivity contribution < 1.29 is 14.3 Å². The molecule has 0 radical (unpaired) electrons. The molecule has 1 heterocycles. The van der Waals surface area contributed by atoms with Crippen LogP contribution in [0.25, 0.3) is 10.9 Å². The van der Waals surface area contributed by atoms with Gasteiger partial charge in [0.15, 0.2) is 11.5 Å². The number of likely N-dealkylation sites (N-methyl/N-ethyl adjacent to an activating group) is 1. The summed E-state index contributed by atoms with van der Waals surface area (Å²) in [4.78, 5) is 34.4. The van der Waals surface area contributed by atoms with Crippen molar-refractivity contribution in [2.75, 3.05) is 32.6 Å². The van der Waals surface area contributed by atoms with E-state index in [4.69, 9.17) is 9.47 Å². The lowest BCUT2D eigenvalue weighted by Gasteiger charge is -2.20. The lowest BCUT2D eigenvalue weighted by atomic mass is 10.1. The monoisotopic (exact) mass is 424 g/mol. The number of aromatic nitrogens is 2. The minimum atomic E-state index is -0.267. The van der Waals surface area contributed by atoms with Gasteiger partial charge in [-0.15, -0.1) is 0 Å². The third kappa shape index (κ3) is 5.21. The van der Waals surface area contributed by atoms with E-state index in [0.29, 0.717) is 41.3 Å². The largest absolute Gasteiger partial charge is 0.493 e. The Morgan fingerprint density at radius 3 is 2.48 bits per heavy atom. The highest BCUT2D eigenvalue weighted by atomic mass is 16.5. The van der Waals surface area contributed by atoms with Crippen LogP contribution in [0.2, 0.25) is 0 Å². The summed E-state index contributed by atoms with van der Waals surface area (Å²) < 4.78 is 10.6. The minimum absolute atomic E-state index is 0.122. The molecule has 8 nitrogen and oxygen atoms in total. The zero-order chi connectivity index (χ0) is 22.5. The molecule has 0 bridgehead atoms. The van der Waals surface area contributed by atoms with Crippen molar-refractivity contribution in [1.82, 2.24) is 14.9 Å². The van der Waals surface area contributed by atoms with Gasteiger partial charge in [-0.05, 0) is 38.1 Å². The molecule has 2 N–H and O–H groups in total. The highest BCUT2D eigenvalue weighted by molar-refractivity contribution is 5.93. The lowest BCUT2D eigenvalue weighted by molar-refractivity contribution is -0.117.